The van der Waals surface area contributed by atoms with Gasteiger partial charge < -0.3 is 30.1 Å². The normalized spacial score (nSPS) is 13.4. The fourth-order valence-corrected chi connectivity index (χ4v) is 3.25. The third-order valence-corrected chi connectivity index (χ3v) is 5.00. The Bertz CT molecular complexity index is 1130. The van der Waals surface area contributed by atoms with Crippen molar-refractivity contribution in [3.8, 4) is 23.0 Å². The average molecular weight is 468 g/mol. The molecule has 0 bridgehead atoms. The van der Waals surface area contributed by atoms with E-state index in [1.165, 1.54) is 32.4 Å². The van der Waals surface area contributed by atoms with Gasteiger partial charge in [0.15, 0.2) is 34.4 Å². The van der Waals surface area contributed by atoms with Crippen molar-refractivity contribution in [2.24, 2.45) is 0 Å². The Morgan fingerprint density at radius 2 is 1.06 bits per heavy atom. The lowest BCUT2D eigenvalue weighted by atomic mass is 10.0. The molecule has 0 aliphatic rings. The molecule has 2 atom stereocenters. The molecule has 0 fully saturated rings. The SMILES string of the molecule is COc1cc(C=Cc2cc(C=Cc3ccc(O)c(OC)c3)c([NH+]([O-])O)cc2[NH+]([O-])O)ccc1O. The van der Waals surface area contributed by atoms with Gasteiger partial charge in [-0.25, -0.2) is 10.4 Å². The van der Waals surface area contributed by atoms with Crippen LogP contribution < -0.4 is 19.9 Å². The first-order valence-corrected chi connectivity index (χ1v) is 9.98. The lowest BCUT2D eigenvalue weighted by Crippen LogP contribution is -3.01. The van der Waals surface area contributed by atoms with E-state index in [0.29, 0.717) is 11.1 Å². The average Bonchev–Trinajstić information content (AvgIpc) is 2.82. The van der Waals surface area contributed by atoms with Crippen LogP contribution in [0.25, 0.3) is 24.3 Å². The highest BCUT2D eigenvalue weighted by molar-refractivity contribution is 5.82. The quantitative estimate of drug-likeness (QED) is 0.217. The van der Waals surface area contributed by atoms with Crippen LogP contribution in [-0.2, 0) is 0 Å². The topological polar surface area (TPSA) is 154 Å². The van der Waals surface area contributed by atoms with E-state index < -0.39 is 10.5 Å². The van der Waals surface area contributed by atoms with Crippen molar-refractivity contribution in [2.45, 2.75) is 0 Å². The van der Waals surface area contributed by atoms with Crippen LogP contribution in [0.4, 0.5) is 11.4 Å². The maximum atomic E-state index is 11.8. The number of methoxy groups -OCH3 is 2. The summed E-state index contributed by atoms with van der Waals surface area (Å²) in [5, 5.41) is 59.8. The Morgan fingerprint density at radius 1 is 0.647 bits per heavy atom. The van der Waals surface area contributed by atoms with E-state index in [2.05, 4.69) is 0 Å². The van der Waals surface area contributed by atoms with Crippen molar-refractivity contribution in [1.29, 1.82) is 0 Å². The van der Waals surface area contributed by atoms with Gasteiger partial charge in [-0.1, -0.05) is 24.3 Å². The number of ether oxygens (including phenoxy) is 2. The lowest BCUT2D eigenvalue weighted by Gasteiger charge is -2.19. The molecular weight excluding hydrogens is 444 g/mol. The van der Waals surface area contributed by atoms with Gasteiger partial charge >= 0.3 is 0 Å². The molecule has 0 heterocycles. The smallest absolute Gasteiger partial charge is 0.177 e. The number of phenolic OH excluding ortho intramolecular Hbond substituents is 2. The van der Waals surface area contributed by atoms with Crippen LogP contribution >= 0.6 is 0 Å². The minimum absolute atomic E-state index is 0.0324. The molecule has 0 saturated carbocycles. The molecule has 0 aliphatic carbocycles. The third kappa shape index (κ3) is 5.71. The predicted molar refractivity (Wildman–Crippen MR) is 125 cm³/mol. The van der Waals surface area contributed by atoms with E-state index in [9.17, 15) is 31.0 Å². The molecule has 3 rings (SSSR count). The van der Waals surface area contributed by atoms with Gasteiger partial charge in [0.05, 0.1) is 20.3 Å². The summed E-state index contributed by atoms with van der Waals surface area (Å²) in [5.74, 6) is 0.453. The number of benzene rings is 3. The van der Waals surface area contributed by atoms with Crippen LogP contribution in [-0.4, -0.2) is 34.8 Å². The molecule has 0 aromatic heterocycles. The van der Waals surface area contributed by atoms with Gasteiger partial charge in [-0.3, -0.25) is 0 Å². The zero-order valence-corrected chi connectivity index (χ0v) is 18.4. The van der Waals surface area contributed by atoms with Gasteiger partial charge in [0.2, 0.25) is 0 Å². The Hall–Kier alpha value is -3.90. The van der Waals surface area contributed by atoms with Gasteiger partial charge in [0.25, 0.3) is 0 Å². The maximum Gasteiger partial charge on any atom is 0.177 e. The van der Waals surface area contributed by atoms with Crippen LogP contribution in [0.15, 0.2) is 48.5 Å². The molecule has 6 N–H and O–H groups in total. The summed E-state index contributed by atoms with van der Waals surface area (Å²) in [6.07, 6.45) is 6.34. The summed E-state index contributed by atoms with van der Waals surface area (Å²) in [4.78, 5) is 0. The summed E-state index contributed by atoms with van der Waals surface area (Å²) in [6.45, 7) is 0. The monoisotopic (exact) mass is 468 g/mol. The molecule has 2 unspecified atom stereocenters. The molecule has 178 valence electrons. The van der Waals surface area contributed by atoms with Crippen LogP contribution in [0.1, 0.15) is 22.3 Å². The van der Waals surface area contributed by atoms with Gasteiger partial charge in [-0.2, -0.15) is 10.5 Å². The van der Waals surface area contributed by atoms with E-state index in [1.54, 1.807) is 48.6 Å². The summed E-state index contributed by atoms with van der Waals surface area (Å²) in [5.41, 5.74) is 1.49. The highest BCUT2D eigenvalue weighted by Gasteiger charge is 2.17. The maximum absolute atomic E-state index is 11.8. The second-order valence-corrected chi connectivity index (χ2v) is 7.17. The highest BCUT2D eigenvalue weighted by atomic mass is 16.8. The van der Waals surface area contributed by atoms with Crippen LogP contribution in [0, 0.1) is 10.4 Å². The molecule has 10 nitrogen and oxygen atoms in total. The lowest BCUT2D eigenvalue weighted by molar-refractivity contribution is -0.996. The van der Waals surface area contributed by atoms with Crippen LogP contribution in [0.5, 0.6) is 23.0 Å². The molecular formula is C24H24N2O8. The fourth-order valence-electron chi connectivity index (χ4n) is 3.25. The number of phenols is 2. The number of hydrogen-bond donors (Lipinski definition) is 6. The number of rotatable bonds is 8. The second kappa shape index (κ2) is 10.8. The van der Waals surface area contributed by atoms with Gasteiger partial charge in [-0.15, -0.1) is 0 Å². The molecule has 0 amide bonds. The van der Waals surface area contributed by atoms with Crippen LogP contribution in [0.2, 0.25) is 0 Å². The first-order valence-electron chi connectivity index (χ1n) is 9.98. The first-order chi connectivity index (χ1) is 16.2. The number of quaternary nitrogens is 2. The third-order valence-electron chi connectivity index (χ3n) is 5.00. The molecule has 0 spiro atoms. The van der Waals surface area contributed by atoms with Crippen molar-refractivity contribution in [3.63, 3.8) is 0 Å². The summed E-state index contributed by atoms with van der Waals surface area (Å²) in [7, 11) is 2.83. The highest BCUT2D eigenvalue weighted by Crippen LogP contribution is 2.30. The van der Waals surface area contributed by atoms with Crippen molar-refractivity contribution in [1.82, 2.24) is 0 Å². The standard InChI is InChI=1S/C24H24N2O8/c1-33-23-11-15(5-9-21(23)27)3-7-17-13-18(20(26(31)32)14-19(17)25(29)30)8-4-16-6-10-22(28)24(12-16)34-2/h3-14,25-29,31H,1-2H3. The van der Waals surface area contributed by atoms with E-state index >= 15 is 0 Å². The summed E-state index contributed by atoms with van der Waals surface area (Å²) < 4.78 is 10.2. The summed E-state index contributed by atoms with van der Waals surface area (Å²) in [6, 6.07) is 11.9. The molecule has 10 heteroatoms. The van der Waals surface area contributed by atoms with E-state index in [-0.39, 0.29) is 45.5 Å². The molecule has 3 aromatic carbocycles. The van der Waals surface area contributed by atoms with Crippen molar-refractivity contribution >= 4 is 35.7 Å². The van der Waals surface area contributed by atoms with E-state index in [0.717, 1.165) is 6.07 Å². The predicted octanol–water partition coefficient (Wildman–Crippen LogP) is 2.26. The number of aromatic hydroxyl groups is 2. The fraction of sp³-hybridized carbons (Fsp3) is 0.0833. The van der Waals surface area contributed by atoms with E-state index in [1.807, 2.05) is 0 Å². The largest absolute Gasteiger partial charge is 0.595 e. The Labute approximate surface area is 195 Å². The Balaban J connectivity index is 2.05. The van der Waals surface area contributed by atoms with Crippen molar-refractivity contribution in [2.75, 3.05) is 14.2 Å². The second-order valence-electron chi connectivity index (χ2n) is 7.17. The molecule has 0 radical (unpaired) electrons. The Morgan fingerprint density at radius 3 is 1.41 bits per heavy atom. The number of hydrogen-bond acceptors (Lipinski definition) is 8. The minimum Gasteiger partial charge on any atom is -0.595 e. The van der Waals surface area contributed by atoms with Crippen LogP contribution in [0.3, 0.4) is 0 Å². The molecule has 0 saturated heterocycles. The minimum atomic E-state index is -1.27. The molecule has 34 heavy (non-hydrogen) atoms. The molecule has 3 aromatic rings. The Kier molecular flexibility index (Phi) is 7.87. The van der Waals surface area contributed by atoms with Crippen molar-refractivity contribution < 1.29 is 40.6 Å². The first kappa shape index (κ1) is 24.7. The van der Waals surface area contributed by atoms with E-state index in [4.69, 9.17) is 9.47 Å². The van der Waals surface area contributed by atoms with Crippen molar-refractivity contribution in [3.05, 3.63) is 81.2 Å². The van der Waals surface area contributed by atoms with Gasteiger partial charge in [0.1, 0.15) is 0 Å². The van der Waals surface area contributed by atoms with Gasteiger partial charge in [0, 0.05) is 11.1 Å². The zero-order chi connectivity index (χ0) is 24.8. The summed E-state index contributed by atoms with van der Waals surface area (Å²) >= 11 is 0. The molecule has 0 aliphatic heterocycles. The zero-order valence-electron chi connectivity index (χ0n) is 18.4. The van der Waals surface area contributed by atoms with Gasteiger partial charge in [-0.05, 0) is 53.6 Å². The number of nitrogens with one attached hydrogen (secondary N) is 2.